The maximum atomic E-state index is 13.0. The van der Waals surface area contributed by atoms with Gasteiger partial charge in [-0.1, -0.05) is 24.3 Å². The van der Waals surface area contributed by atoms with Crippen molar-refractivity contribution in [3.05, 3.63) is 52.8 Å². The van der Waals surface area contributed by atoms with Crippen LogP contribution in [0.1, 0.15) is 54.0 Å². The number of hydrogen-bond acceptors (Lipinski definition) is 5. The number of piperidine rings is 1. The van der Waals surface area contributed by atoms with Gasteiger partial charge in [0, 0.05) is 25.7 Å². The van der Waals surface area contributed by atoms with Crippen molar-refractivity contribution < 1.29 is 9.53 Å². The van der Waals surface area contributed by atoms with E-state index in [1.165, 1.54) is 11.1 Å². The Morgan fingerprint density at radius 2 is 2.04 bits per heavy atom. The Morgan fingerprint density at radius 1 is 1.21 bits per heavy atom. The number of likely N-dealkylation sites (tertiary alicyclic amines) is 1. The van der Waals surface area contributed by atoms with Gasteiger partial charge < -0.3 is 15.4 Å². The lowest BCUT2D eigenvalue weighted by atomic mass is 9.83. The molecular weight excluding hydrogens is 352 g/mol. The molecule has 1 atom stereocenters. The molecule has 1 aromatic carbocycles. The van der Waals surface area contributed by atoms with Crippen LogP contribution in [0, 0.1) is 0 Å². The van der Waals surface area contributed by atoms with Crippen LogP contribution in [0.3, 0.4) is 0 Å². The molecule has 2 aromatic rings. The highest BCUT2D eigenvalue weighted by Crippen LogP contribution is 2.41. The lowest BCUT2D eigenvalue weighted by Gasteiger charge is -2.44. The number of carbonyl (C=O) groups is 1. The van der Waals surface area contributed by atoms with Gasteiger partial charge in [0.25, 0.3) is 0 Å². The summed E-state index contributed by atoms with van der Waals surface area (Å²) in [6.45, 7) is 2.08. The third-order valence-electron chi connectivity index (χ3n) is 6.67. The molecular formula is C22H26N4O2. The molecule has 1 fully saturated rings. The number of fused-ring (bicyclic) bond motifs is 3. The highest BCUT2D eigenvalue weighted by Gasteiger charge is 2.43. The fraction of sp³-hybridized carbons (Fsp3) is 0.500. The van der Waals surface area contributed by atoms with E-state index in [0.29, 0.717) is 38.0 Å². The first-order valence-corrected chi connectivity index (χ1v) is 10.3. The molecule has 2 N–H and O–H groups in total. The Hall–Kier alpha value is -2.47. The van der Waals surface area contributed by atoms with Crippen molar-refractivity contribution in [1.29, 1.82) is 0 Å². The summed E-state index contributed by atoms with van der Waals surface area (Å²) in [4.78, 5) is 23.6. The van der Waals surface area contributed by atoms with Crippen molar-refractivity contribution in [2.24, 2.45) is 0 Å². The molecule has 2 aliphatic heterocycles. The number of hydrogen-bond donors (Lipinski definition) is 1. The second-order valence-electron chi connectivity index (χ2n) is 8.21. The molecule has 1 spiro atoms. The second kappa shape index (κ2) is 6.85. The molecule has 28 heavy (non-hydrogen) atoms. The third kappa shape index (κ3) is 2.96. The number of aromatic nitrogens is 2. The van der Waals surface area contributed by atoms with Crippen molar-refractivity contribution in [2.45, 2.75) is 50.0 Å². The van der Waals surface area contributed by atoms with Crippen molar-refractivity contribution in [2.75, 3.05) is 25.4 Å². The minimum atomic E-state index is -0.415. The van der Waals surface area contributed by atoms with E-state index in [2.05, 4.69) is 34.2 Å². The number of nitrogen functional groups attached to an aromatic ring is 1. The Morgan fingerprint density at radius 3 is 2.89 bits per heavy atom. The van der Waals surface area contributed by atoms with Gasteiger partial charge in [0.2, 0.25) is 11.9 Å². The molecule has 3 heterocycles. The van der Waals surface area contributed by atoms with Gasteiger partial charge in [-0.15, -0.1) is 0 Å². The first-order valence-electron chi connectivity index (χ1n) is 10.3. The van der Waals surface area contributed by atoms with E-state index in [9.17, 15) is 4.79 Å². The van der Waals surface area contributed by atoms with Gasteiger partial charge in [0.1, 0.15) is 5.60 Å². The molecule has 3 aliphatic rings. The van der Waals surface area contributed by atoms with E-state index in [1.807, 2.05) is 11.1 Å². The smallest absolute Gasteiger partial charge is 0.223 e. The molecule has 1 unspecified atom stereocenters. The lowest BCUT2D eigenvalue weighted by molar-refractivity contribution is -0.141. The predicted octanol–water partition coefficient (Wildman–Crippen LogP) is 2.57. The molecule has 6 nitrogen and oxygen atoms in total. The third-order valence-corrected chi connectivity index (χ3v) is 6.67. The number of amides is 1. The van der Waals surface area contributed by atoms with E-state index in [4.69, 9.17) is 10.5 Å². The first-order chi connectivity index (χ1) is 13.6. The van der Waals surface area contributed by atoms with Crippen LogP contribution < -0.4 is 5.73 Å². The Kier molecular flexibility index (Phi) is 4.31. The molecule has 1 aliphatic carbocycles. The standard InChI is InChI=1S/C22H26N4O2/c23-21-24-14-17-7-12-28-22(20(17)25-21)8-10-26(11-9-22)19(27)13-16-6-5-15-3-1-2-4-18(15)16/h1-4,14,16H,5-13H2,(H2,23,24,25). The number of aryl methyl sites for hydroxylation is 1. The van der Waals surface area contributed by atoms with Crippen LogP contribution in [0.15, 0.2) is 30.5 Å². The quantitative estimate of drug-likeness (QED) is 0.869. The number of ether oxygens (including phenoxy) is 1. The van der Waals surface area contributed by atoms with Crippen LogP contribution in [-0.2, 0) is 28.0 Å². The fourth-order valence-corrected chi connectivity index (χ4v) is 5.12. The summed E-state index contributed by atoms with van der Waals surface area (Å²) in [6.07, 6.45) is 6.96. The summed E-state index contributed by atoms with van der Waals surface area (Å²) < 4.78 is 6.21. The Balaban J connectivity index is 1.27. The minimum absolute atomic E-state index is 0.259. The summed E-state index contributed by atoms with van der Waals surface area (Å²) in [5.74, 6) is 0.913. The topological polar surface area (TPSA) is 81.3 Å². The number of anilines is 1. The van der Waals surface area contributed by atoms with E-state index in [1.54, 1.807) is 0 Å². The first kappa shape index (κ1) is 17.6. The van der Waals surface area contributed by atoms with Crippen molar-refractivity contribution in [3.63, 3.8) is 0 Å². The predicted molar refractivity (Wildman–Crippen MR) is 106 cm³/mol. The van der Waals surface area contributed by atoms with Crippen molar-refractivity contribution in [1.82, 2.24) is 14.9 Å². The maximum Gasteiger partial charge on any atom is 0.223 e. The van der Waals surface area contributed by atoms with Crippen LogP contribution in [0.2, 0.25) is 0 Å². The zero-order chi connectivity index (χ0) is 19.1. The molecule has 5 rings (SSSR count). The van der Waals surface area contributed by atoms with Gasteiger partial charge in [-0.25, -0.2) is 9.97 Å². The van der Waals surface area contributed by atoms with Crippen LogP contribution in [0.25, 0.3) is 0 Å². The summed E-state index contributed by atoms with van der Waals surface area (Å²) in [5, 5.41) is 0. The fourth-order valence-electron chi connectivity index (χ4n) is 5.12. The summed E-state index contributed by atoms with van der Waals surface area (Å²) >= 11 is 0. The molecule has 0 radical (unpaired) electrons. The number of nitrogens with two attached hydrogens (primary N) is 1. The molecule has 0 bridgehead atoms. The van der Waals surface area contributed by atoms with Gasteiger partial charge in [0.05, 0.1) is 12.3 Å². The largest absolute Gasteiger partial charge is 0.368 e. The summed E-state index contributed by atoms with van der Waals surface area (Å²) in [6, 6.07) is 8.54. The second-order valence-corrected chi connectivity index (χ2v) is 8.21. The minimum Gasteiger partial charge on any atom is -0.368 e. The van der Waals surface area contributed by atoms with E-state index < -0.39 is 5.60 Å². The molecule has 0 saturated carbocycles. The van der Waals surface area contributed by atoms with Crippen molar-refractivity contribution >= 4 is 11.9 Å². The lowest BCUT2D eigenvalue weighted by Crippen LogP contribution is -2.49. The molecule has 1 saturated heterocycles. The van der Waals surface area contributed by atoms with Gasteiger partial charge in [-0.3, -0.25) is 4.79 Å². The van der Waals surface area contributed by atoms with E-state index in [-0.39, 0.29) is 5.91 Å². The van der Waals surface area contributed by atoms with Gasteiger partial charge in [-0.05, 0) is 54.7 Å². The summed E-state index contributed by atoms with van der Waals surface area (Å²) in [7, 11) is 0. The number of benzene rings is 1. The number of rotatable bonds is 2. The van der Waals surface area contributed by atoms with Crippen LogP contribution in [-0.4, -0.2) is 40.5 Å². The summed E-state index contributed by atoms with van der Waals surface area (Å²) in [5.41, 5.74) is 10.2. The van der Waals surface area contributed by atoms with Crippen molar-refractivity contribution in [3.8, 4) is 0 Å². The Bertz CT molecular complexity index is 905. The van der Waals surface area contributed by atoms with Crippen LogP contribution in [0.4, 0.5) is 5.95 Å². The van der Waals surface area contributed by atoms with Gasteiger partial charge in [-0.2, -0.15) is 0 Å². The highest BCUT2D eigenvalue weighted by molar-refractivity contribution is 5.77. The Labute approximate surface area is 165 Å². The van der Waals surface area contributed by atoms with E-state index >= 15 is 0 Å². The van der Waals surface area contributed by atoms with Gasteiger partial charge in [0.15, 0.2) is 0 Å². The zero-order valence-corrected chi connectivity index (χ0v) is 16.1. The highest BCUT2D eigenvalue weighted by atomic mass is 16.5. The average Bonchev–Trinajstić information content (AvgIpc) is 3.12. The average molecular weight is 378 g/mol. The van der Waals surface area contributed by atoms with Gasteiger partial charge >= 0.3 is 0 Å². The van der Waals surface area contributed by atoms with Crippen LogP contribution in [0.5, 0.6) is 0 Å². The zero-order valence-electron chi connectivity index (χ0n) is 16.1. The molecule has 1 amide bonds. The number of nitrogens with zero attached hydrogens (tertiary/aromatic N) is 3. The monoisotopic (exact) mass is 378 g/mol. The molecule has 146 valence electrons. The SMILES string of the molecule is Nc1ncc2c(n1)C1(CCN(C(=O)CC3CCc4ccccc43)CC1)OCC2. The molecule has 6 heteroatoms. The number of carbonyl (C=O) groups excluding carboxylic acids is 1. The maximum absolute atomic E-state index is 13.0. The molecule has 1 aromatic heterocycles. The van der Waals surface area contributed by atoms with E-state index in [0.717, 1.165) is 43.4 Å². The normalized spacial score (nSPS) is 22.7. The van der Waals surface area contributed by atoms with Crippen LogP contribution >= 0.6 is 0 Å².